The monoisotopic (exact) mass is 256 g/mol. The van der Waals surface area contributed by atoms with Gasteiger partial charge in [-0.3, -0.25) is 9.59 Å². The van der Waals surface area contributed by atoms with Gasteiger partial charge in [-0.05, 0) is 12.1 Å². The van der Waals surface area contributed by atoms with Crippen LogP contribution >= 0.6 is 11.8 Å². The van der Waals surface area contributed by atoms with Crippen molar-refractivity contribution >= 4 is 29.3 Å². The Labute approximate surface area is 102 Å². The van der Waals surface area contributed by atoms with Crippen molar-refractivity contribution in [2.24, 2.45) is 0 Å². The Bertz CT molecular complexity index is 411. The first kappa shape index (κ1) is 13.3. The first-order valence-corrected chi connectivity index (χ1v) is 5.87. The van der Waals surface area contributed by atoms with E-state index in [9.17, 15) is 9.59 Å². The van der Waals surface area contributed by atoms with Gasteiger partial charge in [0.15, 0.2) is 0 Å². The van der Waals surface area contributed by atoms with Gasteiger partial charge in [0.05, 0.1) is 18.6 Å². The molecule has 1 amide bonds. The van der Waals surface area contributed by atoms with Crippen LogP contribution in [0.15, 0.2) is 18.3 Å². The molecule has 0 spiro atoms. The summed E-state index contributed by atoms with van der Waals surface area (Å²) < 4.78 is 4.96. The highest BCUT2D eigenvalue weighted by Crippen LogP contribution is 2.19. The number of nitrogens with zero attached hydrogens (tertiary/aromatic N) is 1. The molecule has 0 aliphatic heterocycles. The van der Waals surface area contributed by atoms with Crippen molar-refractivity contribution in [3.8, 4) is 5.88 Å². The molecule has 0 radical (unpaired) electrons. The van der Waals surface area contributed by atoms with Gasteiger partial charge in [-0.25, -0.2) is 4.98 Å². The van der Waals surface area contributed by atoms with Crippen molar-refractivity contribution in [3.63, 3.8) is 0 Å². The van der Waals surface area contributed by atoms with Crippen molar-refractivity contribution in [2.45, 2.75) is 0 Å². The molecule has 17 heavy (non-hydrogen) atoms. The van der Waals surface area contributed by atoms with E-state index in [-0.39, 0.29) is 17.4 Å². The SMILES string of the molecule is COc1ncccc1NC(=O)CSCC(=O)O. The van der Waals surface area contributed by atoms with Crippen LogP contribution in [0.25, 0.3) is 0 Å². The van der Waals surface area contributed by atoms with Crippen LogP contribution in [0, 0.1) is 0 Å². The highest BCUT2D eigenvalue weighted by atomic mass is 32.2. The molecule has 0 aliphatic carbocycles. The first-order valence-electron chi connectivity index (χ1n) is 4.72. The van der Waals surface area contributed by atoms with E-state index < -0.39 is 5.97 Å². The molecule has 0 fully saturated rings. The van der Waals surface area contributed by atoms with Gasteiger partial charge >= 0.3 is 5.97 Å². The summed E-state index contributed by atoms with van der Waals surface area (Å²) in [7, 11) is 1.46. The summed E-state index contributed by atoms with van der Waals surface area (Å²) >= 11 is 1.03. The summed E-state index contributed by atoms with van der Waals surface area (Å²) in [6, 6.07) is 3.33. The second-order valence-electron chi connectivity index (χ2n) is 2.99. The zero-order chi connectivity index (χ0) is 12.7. The van der Waals surface area contributed by atoms with Crippen LogP contribution < -0.4 is 10.1 Å². The zero-order valence-electron chi connectivity index (χ0n) is 9.17. The van der Waals surface area contributed by atoms with E-state index in [0.29, 0.717) is 11.6 Å². The molecule has 92 valence electrons. The lowest BCUT2D eigenvalue weighted by Crippen LogP contribution is -2.16. The molecule has 2 N–H and O–H groups in total. The quantitative estimate of drug-likeness (QED) is 0.784. The summed E-state index contributed by atoms with van der Waals surface area (Å²) in [6.45, 7) is 0. The third-order valence-electron chi connectivity index (χ3n) is 1.70. The van der Waals surface area contributed by atoms with Gasteiger partial charge in [-0.1, -0.05) is 0 Å². The largest absolute Gasteiger partial charge is 0.481 e. The Morgan fingerprint density at radius 1 is 1.53 bits per heavy atom. The van der Waals surface area contributed by atoms with Gasteiger partial charge in [0.1, 0.15) is 5.69 Å². The first-order chi connectivity index (χ1) is 8.13. The van der Waals surface area contributed by atoms with Crippen LogP contribution in [0.3, 0.4) is 0 Å². The van der Waals surface area contributed by atoms with E-state index >= 15 is 0 Å². The summed E-state index contributed by atoms with van der Waals surface area (Å²) in [5, 5.41) is 11.0. The molecule has 0 saturated carbocycles. The number of aromatic nitrogens is 1. The minimum atomic E-state index is -0.943. The van der Waals surface area contributed by atoms with Gasteiger partial charge in [-0.15, -0.1) is 11.8 Å². The third kappa shape index (κ3) is 4.73. The number of hydrogen-bond donors (Lipinski definition) is 2. The molecule has 0 saturated heterocycles. The van der Waals surface area contributed by atoms with Gasteiger partial charge in [0.2, 0.25) is 11.8 Å². The Morgan fingerprint density at radius 3 is 2.94 bits per heavy atom. The molecule has 1 rings (SSSR count). The Morgan fingerprint density at radius 2 is 2.29 bits per heavy atom. The van der Waals surface area contributed by atoms with Crippen LogP contribution in [0.1, 0.15) is 0 Å². The van der Waals surface area contributed by atoms with Crippen molar-refractivity contribution in [3.05, 3.63) is 18.3 Å². The molecule has 1 heterocycles. The Hall–Kier alpha value is -1.76. The fraction of sp³-hybridized carbons (Fsp3) is 0.300. The van der Waals surface area contributed by atoms with Crippen molar-refractivity contribution in [1.82, 2.24) is 4.98 Å². The summed E-state index contributed by atoms with van der Waals surface area (Å²) in [6.07, 6.45) is 1.55. The Kier molecular flexibility index (Phi) is 5.28. The Balaban J connectivity index is 2.47. The second-order valence-corrected chi connectivity index (χ2v) is 3.98. The minimum Gasteiger partial charge on any atom is -0.481 e. The zero-order valence-corrected chi connectivity index (χ0v) is 9.99. The molecular weight excluding hydrogens is 244 g/mol. The lowest BCUT2D eigenvalue weighted by atomic mass is 10.4. The van der Waals surface area contributed by atoms with Gasteiger partial charge in [0, 0.05) is 6.20 Å². The molecule has 0 bridgehead atoms. The third-order valence-corrected chi connectivity index (χ3v) is 2.61. The van der Waals surface area contributed by atoms with Gasteiger partial charge in [0.25, 0.3) is 0 Å². The van der Waals surface area contributed by atoms with Gasteiger partial charge in [-0.2, -0.15) is 0 Å². The van der Waals surface area contributed by atoms with Crippen LogP contribution in [0.5, 0.6) is 5.88 Å². The number of anilines is 1. The number of carboxylic acid groups (broad SMARTS) is 1. The summed E-state index contributed by atoms with van der Waals surface area (Å²) in [5.74, 6) is -0.935. The normalized spacial score (nSPS) is 9.71. The van der Waals surface area contributed by atoms with Crippen molar-refractivity contribution in [2.75, 3.05) is 23.9 Å². The molecule has 0 unspecified atom stereocenters. The number of amides is 1. The van der Waals surface area contributed by atoms with E-state index in [2.05, 4.69) is 10.3 Å². The topological polar surface area (TPSA) is 88.5 Å². The number of pyridine rings is 1. The maximum Gasteiger partial charge on any atom is 0.313 e. The molecule has 1 aromatic heterocycles. The summed E-state index contributed by atoms with van der Waals surface area (Å²) in [4.78, 5) is 25.6. The van der Waals surface area contributed by atoms with Crippen LogP contribution in [0.4, 0.5) is 5.69 Å². The number of carbonyl (C=O) groups excluding carboxylic acids is 1. The molecule has 6 nitrogen and oxygen atoms in total. The standard InChI is InChI=1S/C10H12N2O4S/c1-16-10-7(3-2-4-11-10)12-8(13)5-17-6-9(14)15/h2-4H,5-6H2,1H3,(H,12,13)(H,14,15). The smallest absolute Gasteiger partial charge is 0.313 e. The molecule has 0 atom stereocenters. The van der Waals surface area contributed by atoms with E-state index in [1.807, 2.05) is 0 Å². The maximum atomic E-state index is 11.5. The fourth-order valence-electron chi connectivity index (χ4n) is 1.07. The van der Waals surface area contributed by atoms with Crippen LogP contribution in [0.2, 0.25) is 0 Å². The number of carbonyl (C=O) groups is 2. The predicted octanol–water partition coefficient (Wildman–Crippen LogP) is 0.847. The minimum absolute atomic E-state index is 0.0738. The molecule has 1 aromatic rings. The van der Waals surface area contributed by atoms with Crippen LogP contribution in [-0.4, -0.2) is 40.6 Å². The predicted molar refractivity (Wildman–Crippen MR) is 64.4 cm³/mol. The lowest BCUT2D eigenvalue weighted by Gasteiger charge is -2.07. The number of thioether (sulfide) groups is 1. The van der Waals surface area contributed by atoms with Crippen molar-refractivity contribution in [1.29, 1.82) is 0 Å². The molecule has 0 aromatic carbocycles. The number of methoxy groups -OCH3 is 1. The number of nitrogens with one attached hydrogen (secondary N) is 1. The fourth-order valence-corrected chi connectivity index (χ4v) is 1.60. The van der Waals surface area contributed by atoms with Crippen molar-refractivity contribution < 1.29 is 19.4 Å². The highest BCUT2D eigenvalue weighted by Gasteiger charge is 2.08. The van der Waals surface area contributed by atoms with Crippen LogP contribution in [-0.2, 0) is 9.59 Å². The summed E-state index contributed by atoms with van der Waals surface area (Å²) in [5.41, 5.74) is 0.468. The number of aliphatic carboxylic acids is 1. The second kappa shape index (κ2) is 6.74. The number of carboxylic acids is 1. The lowest BCUT2D eigenvalue weighted by molar-refractivity contribution is -0.133. The highest BCUT2D eigenvalue weighted by molar-refractivity contribution is 8.00. The number of ether oxygens (including phenoxy) is 1. The molecular formula is C10H12N2O4S. The molecule has 0 aliphatic rings. The van der Waals surface area contributed by atoms with E-state index in [1.165, 1.54) is 7.11 Å². The maximum absolute atomic E-state index is 11.5. The average Bonchev–Trinajstić information content (AvgIpc) is 2.29. The number of hydrogen-bond acceptors (Lipinski definition) is 5. The average molecular weight is 256 g/mol. The van der Waals surface area contributed by atoms with E-state index in [1.54, 1.807) is 18.3 Å². The number of rotatable bonds is 6. The molecule has 7 heteroatoms. The van der Waals surface area contributed by atoms with Gasteiger partial charge < -0.3 is 15.2 Å². The van der Waals surface area contributed by atoms with E-state index in [4.69, 9.17) is 9.84 Å². The van der Waals surface area contributed by atoms with E-state index in [0.717, 1.165) is 11.8 Å².